The second-order valence-electron chi connectivity index (χ2n) is 5.92. The molecule has 0 bridgehead atoms. The highest BCUT2D eigenvalue weighted by Gasteiger charge is 2.16. The Morgan fingerprint density at radius 1 is 0.944 bits per heavy atom. The van der Waals surface area contributed by atoms with Crippen molar-refractivity contribution >= 4 is 0 Å². The lowest BCUT2D eigenvalue weighted by Crippen LogP contribution is -2.49. The summed E-state index contributed by atoms with van der Waals surface area (Å²) in [5.41, 5.74) is 0. The van der Waals surface area contributed by atoms with Crippen molar-refractivity contribution in [3.05, 3.63) is 0 Å². The summed E-state index contributed by atoms with van der Waals surface area (Å²) in [5.74, 6) is 0. The minimum Gasteiger partial charge on any atom is -0.302 e. The number of rotatable bonds is 10. The van der Waals surface area contributed by atoms with Gasteiger partial charge in [0.05, 0.1) is 6.17 Å². The fourth-order valence-corrected chi connectivity index (χ4v) is 2.88. The second kappa shape index (κ2) is 10.8. The molecule has 2 heteroatoms. The minimum atomic E-state index is 0.656. The first-order chi connectivity index (χ1) is 8.84. The van der Waals surface area contributed by atoms with Crippen molar-refractivity contribution < 1.29 is 0 Å². The first kappa shape index (κ1) is 16.0. The second-order valence-corrected chi connectivity index (χ2v) is 5.92. The molecule has 0 aromatic heterocycles. The summed E-state index contributed by atoms with van der Waals surface area (Å²) in [4.78, 5) is 2.48. The Balaban J connectivity index is 1.83. The lowest BCUT2D eigenvalue weighted by molar-refractivity contribution is 0.153. The predicted octanol–water partition coefficient (Wildman–Crippen LogP) is 4.16. The van der Waals surface area contributed by atoms with Gasteiger partial charge in [-0.1, -0.05) is 64.7 Å². The van der Waals surface area contributed by atoms with E-state index in [-0.39, 0.29) is 0 Å². The molecular weight excluding hydrogens is 220 g/mol. The van der Waals surface area contributed by atoms with Crippen LogP contribution >= 0.6 is 0 Å². The van der Waals surface area contributed by atoms with Crippen LogP contribution in [0.5, 0.6) is 0 Å². The maximum Gasteiger partial charge on any atom is 0.0594 e. The molecule has 1 saturated heterocycles. The van der Waals surface area contributed by atoms with E-state index in [4.69, 9.17) is 0 Å². The van der Waals surface area contributed by atoms with E-state index in [1.165, 1.54) is 83.7 Å². The molecular formula is C16H34N2. The molecule has 0 aromatic carbocycles. The lowest BCUT2D eigenvalue weighted by Gasteiger charge is -2.33. The van der Waals surface area contributed by atoms with Crippen molar-refractivity contribution in [1.82, 2.24) is 10.2 Å². The average Bonchev–Trinajstić information content (AvgIpc) is 2.39. The van der Waals surface area contributed by atoms with Gasteiger partial charge < -0.3 is 5.32 Å². The molecule has 0 amide bonds. The third kappa shape index (κ3) is 7.38. The maximum absolute atomic E-state index is 3.62. The van der Waals surface area contributed by atoms with Crippen LogP contribution in [0.25, 0.3) is 0 Å². The molecule has 1 rings (SSSR count). The van der Waals surface area contributed by atoms with E-state index >= 15 is 0 Å². The van der Waals surface area contributed by atoms with Crippen molar-refractivity contribution in [3.63, 3.8) is 0 Å². The van der Waals surface area contributed by atoms with Gasteiger partial charge in [-0.15, -0.1) is 0 Å². The molecule has 18 heavy (non-hydrogen) atoms. The van der Waals surface area contributed by atoms with E-state index in [1.807, 2.05) is 0 Å². The molecule has 108 valence electrons. The normalized spacial score (nSPS) is 21.3. The van der Waals surface area contributed by atoms with Gasteiger partial charge in [0, 0.05) is 6.54 Å². The van der Waals surface area contributed by atoms with Crippen molar-refractivity contribution in [2.75, 3.05) is 20.1 Å². The Morgan fingerprint density at radius 2 is 1.56 bits per heavy atom. The largest absolute Gasteiger partial charge is 0.302 e. The highest BCUT2D eigenvalue weighted by atomic mass is 15.3. The monoisotopic (exact) mass is 254 g/mol. The molecule has 1 aliphatic rings. The summed E-state index contributed by atoms with van der Waals surface area (Å²) in [7, 11) is 2.25. The van der Waals surface area contributed by atoms with Gasteiger partial charge in [0.25, 0.3) is 0 Å². The lowest BCUT2D eigenvalue weighted by atomic mass is 10.1. The zero-order valence-electron chi connectivity index (χ0n) is 12.7. The molecule has 1 fully saturated rings. The van der Waals surface area contributed by atoms with Crippen LogP contribution in [0.15, 0.2) is 0 Å². The zero-order chi connectivity index (χ0) is 13.1. The third-order valence-corrected chi connectivity index (χ3v) is 4.18. The van der Waals surface area contributed by atoms with Crippen LogP contribution in [0, 0.1) is 0 Å². The quantitative estimate of drug-likeness (QED) is 0.589. The number of nitrogens with one attached hydrogen (secondary N) is 1. The van der Waals surface area contributed by atoms with Gasteiger partial charge in [0.15, 0.2) is 0 Å². The van der Waals surface area contributed by atoms with Gasteiger partial charge in [-0.3, -0.25) is 4.90 Å². The zero-order valence-corrected chi connectivity index (χ0v) is 12.7. The molecule has 1 aliphatic heterocycles. The molecule has 0 spiro atoms. The van der Waals surface area contributed by atoms with Gasteiger partial charge in [0.2, 0.25) is 0 Å². The first-order valence-electron chi connectivity index (χ1n) is 8.28. The Hall–Kier alpha value is -0.0800. The van der Waals surface area contributed by atoms with Crippen molar-refractivity contribution in [2.24, 2.45) is 0 Å². The van der Waals surface area contributed by atoms with E-state index in [0.717, 1.165) is 0 Å². The summed E-state index contributed by atoms with van der Waals surface area (Å²) in [6.07, 6.45) is 16.2. The fraction of sp³-hybridized carbons (Fsp3) is 1.00. The number of hydrogen-bond acceptors (Lipinski definition) is 2. The standard InChI is InChI=1S/C16H34N2/c1-3-4-5-6-7-8-9-10-11-13-16-17-14-12-15-18(16)2/h16-17H,3-15H2,1-2H3. The predicted molar refractivity (Wildman–Crippen MR) is 80.9 cm³/mol. The van der Waals surface area contributed by atoms with Crippen LogP contribution in [-0.4, -0.2) is 31.2 Å². The smallest absolute Gasteiger partial charge is 0.0594 e. The van der Waals surface area contributed by atoms with E-state index in [1.54, 1.807) is 0 Å². The highest BCUT2D eigenvalue weighted by molar-refractivity contribution is 4.72. The molecule has 1 atom stereocenters. The van der Waals surface area contributed by atoms with E-state index in [0.29, 0.717) is 6.17 Å². The third-order valence-electron chi connectivity index (χ3n) is 4.18. The van der Waals surface area contributed by atoms with Gasteiger partial charge in [-0.25, -0.2) is 0 Å². The Bertz CT molecular complexity index is 182. The van der Waals surface area contributed by atoms with Gasteiger partial charge in [-0.05, 0) is 26.4 Å². The Kier molecular flexibility index (Phi) is 9.59. The van der Waals surface area contributed by atoms with Gasteiger partial charge in [-0.2, -0.15) is 0 Å². The van der Waals surface area contributed by atoms with E-state index in [9.17, 15) is 0 Å². The highest BCUT2D eigenvalue weighted by Crippen LogP contribution is 2.13. The molecule has 2 nitrogen and oxygen atoms in total. The van der Waals surface area contributed by atoms with Crippen molar-refractivity contribution in [3.8, 4) is 0 Å². The fourth-order valence-electron chi connectivity index (χ4n) is 2.88. The molecule has 0 aliphatic carbocycles. The van der Waals surface area contributed by atoms with Crippen LogP contribution in [0.1, 0.15) is 77.6 Å². The first-order valence-corrected chi connectivity index (χ1v) is 8.28. The summed E-state index contributed by atoms with van der Waals surface area (Å²) < 4.78 is 0. The summed E-state index contributed by atoms with van der Waals surface area (Å²) in [6.45, 7) is 4.78. The number of nitrogens with zero attached hydrogens (tertiary/aromatic N) is 1. The number of hydrogen-bond donors (Lipinski definition) is 1. The molecule has 1 N–H and O–H groups in total. The summed E-state index contributed by atoms with van der Waals surface area (Å²) in [5, 5.41) is 3.62. The van der Waals surface area contributed by atoms with Crippen LogP contribution in [0.3, 0.4) is 0 Å². The van der Waals surface area contributed by atoms with Crippen LogP contribution in [0.2, 0.25) is 0 Å². The average molecular weight is 254 g/mol. The van der Waals surface area contributed by atoms with Crippen molar-refractivity contribution in [1.29, 1.82) is 0 Å². The van der Waals surface area contributed by atoms with Gasteiger partial charge in [0.1, 0.15) is 0 Å². The Morgan fingerprint density at radius 3 is 2.17 bits per heavy atom. The van der Waals surface area contributed by atoms with Crippen LogP contribution in [-0.2, 0) is 0 Å². The molecule has 1 unspecified atom stereocenters. The summed E-state index contributed by atoms with van der Waals surface area (Å²) in [6, 6.07) is 0. The minimum absolute atomic E-state index is 0.656. The number of unbranched alkanes of at least 4 members (excludes halogenated alkanes) is 8. The maximum atomic E-state index is 3.62. The van der Waals surface area contributed by atoms with Crippen LogP contribution < -0.4 is 5.32 Å². The Labute approximate surface area is 115 Å². The molecule has 0 radical (unpaired) electrons. The van der Waals surface area contributed by atoms with Crippen molar-refractivity contribution in [2.45, 2.75) is 83.7 Å². The summed E-state index contributed by atoms with van der Waals surface area (Å²) >= 11 is 0. The topological polar surface area (TPSA) is 15.3 Å². The molecule has 1 heterocycles. The molecule has 0 aromatic rings. The van der Waals surface area contributed by atoms with E-state index < -0.39 is 0 Å². The SMILES string of the molecule is CCCCCCCCCCCC1NCCCN1C. The molecule has 0 saturated carbocycles. The van der Waals surface area contributed by atoms with Crippen LogP contribution in [0.4, 0.5) is 0 Å². The van der Waals surface area contributed by atoms with E-state index in [2.05, 4.69) is 24.2 Å². The van der Waals surface area contributed by atoms with Gasteiger partial charge >= 0.3 is 0 Å².